The summed E-state index contributed by atoms with van der Waals surface area (Å²) in [5.74, 6) is 1.85. The molecule has 2 fully saturated rings. The Bertz CT molecular complexity index is 584. The average Bonchev–Trinajstić information content (AvgIpc) is 3.10. The third kappa shape index (κ3) is 3.70. The zero-order valence-corrected chi connectivity index (χ0v) is 15.0. The van der Waals surface area contributed by atoms with Crippen LogP contribution >= 0.6 is 11.8 Å². The molecule has 0 radical (unpaired) electrons. The van der Waals surface area contributed by atoms with Gasteiger partial charge in [0, 0.05) is 42.7 Å². The molecule has 1 aromatic carbocycles. The molecular weight excluding hydrogens is 327 g/mol. The molecule has 0 atom stereocenters. The van der Waals surface area contributed by atoms with E-state index in [9.17, 15) is 9.18 Å². The number of methoxy groups -OCH3 is 1. The highest BCUT2D eigenvalue weighted by Crippen LogP contribution is 2.36. The molecule has 0 spiro atoms. The van der Waals surface area contributed by atoms with E-state index in [1.807, 2.05) is 11.8 Å². The molecule has 1 saturated carbocycles. The Morgan fingerprint density at radius 1 is 1.33 bits per heavy atom. The number of amides is 1. The molecule has 1 saturated heterocycles. The molecule has 3 rings (SSSR count). The summed E-state index contributed by atoms with van der Waals surface area (Å²) in [5.41, 5.74) is 0.137. The highest BCUT2D eigenvalue weighted by Gasteiger charge is 2.40. The van der Waals surface area contributed by atoms with Gasteiger partial charge in [0.15, 0.2) is 0 Å². The Hall–Kier alpha value is -1.27. The van der Waals surface area contributed by atoms with Gasteiger partial charge >= 0.3 is 0 Å². The normalized spacial score (nSPS) is 20.8. The summed E-state index contributed by atoms with van der Waals surface area (Å²) in [6, 6.07) is 4.36. The van der Waals surface area contributed by atoms with E-state index in [1.165, 1.54) is 32.1 Å². The van der Waals surface area contributed by atoms with Crippen LogP contribution < -0.4 is 10.1 Å². The van der Waals surface area contributed by atoms with E-state index >= 15 is 0 Å². The summed E-state index contributed by atoms with van der Waals surface area (Å²) in [4.78, 5) is 15.0. The topological polar surface area (TPSA) is 41.6 Å². The molecular formula is C18H25FN2O2S. The summed E-state index contributed by atoms with van der Waals surface area (Å²) in [6.07, 6.45) is 4.64. The molecule has 4 nitrogen and oxygen atoms in total. The van der Waals surface area contributed by atoms with Gasteiger partial charge < -0.3 is 10.1 Å². The molecule has 1 aliphatic heterocycles. The molecule has 132 valence electrons. The maximum atomic E-state index is 14.1. The van der Waals surface area contributed by atoms with Gasteiger partial charge in [0.2, 0.25) is 0 Å². The number of hydrogen-bond donors (Lipinski definition) is 1. The van der Waals surface area contributed by atoms with Crippen molar-refractivity contribution >= 4 is 17.7 Å². The van der Waals surface area contributed by atoms with Gasteiger partial charge in [-0.15, -0.1) is 0 Å². The highest BCUT2D eigenvalue weighted by molar-refractivity contribution is 7.99. The molecule has 1 heterocycles. The lowest BCUT2D eigenvalue weighted by atomic mass is 9.94. The SMILES string of the molecule is COc1ccc(C(=O)NCC2(N3CCSCC3)CCCC2)c(F)c1. The quantitative estimate of drug-likeness (QED) is 0.885. The zero-order valence-electron chi connectivity index (χ0n) is 14.1. The first-order chi connectivity index (χ1) is 11.6. The minimum absolute atomic E-state index is 0.0551. The van der Waals surface area contributed by atoms with Crippen LogP contribution in [-0.4, -0.2) is 54.6 Å². The Morgan fingerprint density at radius 2 is 2.04 bits per heavy atom. The van der Waals surface area contributed by atoms with E-state index in [1.54, 1.807) is 6.07 Å². The molecule has 1 aliphatic carbocycles. The van der Waals surface area contributed by atoms with Gasteiger partial charge in [-0.05, 0) is 25.0 Å². The van der Waals surface area contributed by atoms with Crippen LogP contribution in [0.4, 0.5) is 4.39 Å². The molecule has 0 unspecified atom stereocenters. The number of thioether (sulfide) groups is 1. The number of ether oxygens (including phenoxy) is 1. The van der Waals surface area contributed by atoms with Crippen LogP contribution in [0, 0.1) is 5.82 Å². The van der Waals surface area contributed by atoms with E-state index in [0.29, 0.717) is 12.3 Å². The molecule has 24 heavy (non-hydrogen) atoms. The Balaban J connectivity index is 1.67. The van der Waals surface area contributed by atoms with Crippen molar-refractivity contribution < 1.29 is 13.9 Å². The van der Waals surface area contributed by atoms with Crippen LogP contribution in [0.2, 0.25) is 0 Å². The molecule has 1 amide bonds. The zero-order chi connectivity index (χ0) is 17.0. The summed E-state index contributed by atoms with van der Waals surface area (Å²) in [7, 11) is 1.48. The van der Waals surface area contributed by atoms with E-state index in [2.05, 4.69) is 10.2 Å². The van der Waals surface area contributed by atoms with Crippen molar-refractivity contribution in [2.45, 2.75) is 31.2 Å². The molecule has 2 aliphatic rings. The Morgan fingerprint density at radius 3 is 2.67 bits per heavy atom. The van der Waals surface area contributed by atoms with E-state index in [0.717, 1.165) is 37.4 Å². The monoisotopic (exact) mass is 352 g/mol. The standard InChI is InChI=1S/C18H25FN2O2S/c1-23-14-4-5-15(16(19)12-14)17(22)20-13-18(6-2-3-7-18)21-8-10-24-11-9-21/h4-5,12H,2-3,6-11,13H2,1H3,(H,20,22). The average molecular weight is 352 g/mol. The van der Waals surface area contributed by atoms with Crippen LogP contribution in [-0.2, 0) is 0 Å². The largest absolute Gasteiger partial charge is 0.497 e. The van der Waals surface area contributed by atoms with E-state index in [-0.39, 0.29) is 17.0 Å². The van der Waals surface area contributed by atoms with Gasteiger partial charge in [-0.2, -0.15) is 11.8 Å². The van der Waals surface area contributed by atoms with Gasteiger partial charge in [0.05, 0.1) is 12.7 Å². The summed E-state index contributed by atoms with van der Waals surface area (Å²) in [5, 5.41) is 2.99. The highest BCUT2D eigenvalue weighted by atomic mass is 32.2. The summed E-state index contributed by atoms with van der Waals surface area (Å²) < 4.78 is 19.1. The number of nitrogens with zero attached hydrogens (tertiary/aromatic N) is 1. The van der Waals surface area contributed by atoms with Crippen molar-refractivity contribution in [2.24, 2.45) is 0 Å². The lowest BCUT2D eigenvalue weighted by Gasteiger charge is -2.43. The first-order valence-corrected chi connectivity index (χ1v) is 9.75. The van der Waals surface area contributed by atoms with Crippen molar-refractivity contribution in [1.29, 1.82) is 0 Å². The van der Waals surface area contributed by atoms with Crippen molar-refractivity contribution in [3.05, 3.63) is 29.6 Å². The molecule has 0 aromatic heterocycles. The predicted molar refractivity (Wildman–Crippen MR) is 95.4 cm³/mol. The molecule has 0 bridgehead atoms. The number of hydrogen-bond acceptors (Lipinski definition) is 4. The molecule has 1 aromatic rings. The van der Waals surface area contributed by atoms with Crippen molar-refractivity contribution in [1.82, 2.24) is 10.2 Å². The Labute approximate surface area is 147 Å². The second-order valence-electron chi connectivity index (χ2n) is 6.56. The molecule has 1 N–H and O–H groups in total. The van der Waals surface area contributed by atoms with Crippen LogP contribution in [0.3, 0.4) is 0 Å². The number of halogens is 1. The van der Waals surface area contributed by atoms with Gasteiger partial charge in [-0.3, -0.25) is 9.69 Å². The second-order valence-corrected chi connectivity index (χ2v) is 7.78. The van der Waals surface area contributed by atoms with Crippen LogP contribution in [0.25, 0.3) is 0 Å². The lowest BCUT2D eigenvalue weighted by molar-refractivity contribution is 0.0814. The lowest BCUT2D eigenvalue weighted by Crippen LogP contribution is -2.56. The van der Waals surface area contributed by atoms with E-state index in [4.69, 9.17) is 4.74 Å². The van der Waals surface area contributed by atoms with Gasteiger partial charge in [0.1, 0.15) is 11.6 Å². The van der Waals surface area contributed by atoms with Crippen molar-refractivity contribution in [2.75, 3.05) is 38.2 Å². The second kappa shape index (κ2) is 7.74. The van der Waals surface area contributed by atoms with Gasteiger partial charge in [0.25, 0.3) is 5.91 Å². The fourth-order valence-corrected chi connectivity index (χ4v) is 4.73. The van der Waals surface area contributed by atoms with Gasteiger partial charge in [-0.25, -0.2) is 4.39 Å². The maximum Gasteiger partial charge on any atom is 0.254 e. The fraction of sp³-hybridized carbons (Fsp3) is 0.611. The van der Waals surface area contributed by atoms with Crippen molar-refractivity contribution in [3.8, 4) is 5.75 Å². The number of nitrogens with one attached hydrogen (secondary N) is 1. The Kier molecular flexibility index (Phi) is 5.66. The van der Waals surface area contributed by atoms with Crippen LogP contribution in [0.15, 0.2) is 18.2 Å². The minimum Gasteiger partial charge on any atom is -0.497 e. The van der Waals surface area contributed by atoms with Crippen LogP contribution in [0.5, 0.6) is 5.75 Å². The first-order valence-electron chi connectivity index (χ1n) is 8.59. The number of rotatable bonds is 5. The molecule has 6 heteroatoms. The summed E-state index contributed by atoms with van der Waals surface area (Å²) in [6.45, 7) is 2.76. The predicted octanol–water partition coefficient (Wildman–Crippen LogP) is 2.93. The van der Waals surface area contributed by atoms with Crippen LogP contribution in [0.1, 0.15) is 36.0 Å². The smallest absolute Gasteiger partial charge is 0.254 e. The number of benzene rings is 1. The maximum absolute atomic E-state index is 14.1. The number of carbonyl (C=O) groups excluding carboxylic acids is 1. The van der Waals surface area contributed by atoms with Gasteiger partial charge in [-0.1, -0.05) is 12.8 Å². The third-order valence-electron chi connectivity index (χ3n) is 5.22. The number of carbonyl (C=O) groups is 1. The summed E-state index contributed by atoms with van der Waals surface area (Å²) >= 11 is 1.99. The fourth-order valence-electron chi connectivity index (χ4n) is 3.82. The van der Waals surface area contributed by atoms with Crippen molar-refractivity contribution in [3.63, 3.8) is 0 Å². The minimum atomic E-state index is -0.540. The first kappa shape index (κ1) is 17.5. The third-order valence-corrected chi connectivity index (χ3v) is 6.16. The van der Waals surface area contributed by atoms with E-state index < -0.39 is 5.82 Å².